The lowest BCUT2D eigenvalue weighted by Gasteiger charge is -2.37. The summed E-state index contributed by atoms with van der Waals surface area (Å²) in [5, 5.41) is 0.546. The van der Waals surface area contributed by atoms with Gasteiger partial charge in [0.2, 0.25) is 11.8 Å². The lowest BCUT2D eigenvalue weighted by Crippen LogP contribution is -2.48. The number of rotatable bonds is 5. The van der Waals surface area contributed by atoms with Gasteiger partial charge >= 0.3 is 0 Å². The number of carbonyl (C=O) groups is 2. The third kappa shape index (κ3) is 4.76. The maximum atomic E-state index is 12.8. The van der Waals surface area contributed by atoms with Crippen LogP contribution in [0.2, 0.25) is 5.02 Å². The minimum absolute atomic E-state index is 0.0251. The molecule has 0 unspecified atom stereocenters. The summed E-state index contributed by atoms with van der Waals surface area (Å²) in [5.74, 6) is -0.475. The second-order valence-corrected chi connectivity index (χ2v) is 7.71. The van der Waals surface area contributed by atoms with Gasteiger partial charge in [0.05, 0.1) is 12.5 Å². The normalized spacial score (nSPS) is 21.6. The van der Waals surface area contributed by atoms with Crippen molar-refractivity contribution in [2.75, 3.05) is 38.1 Å². The van der Waals surface area contributed by atoms with Crippen LogP contribution in [0.3, 0.4) is 0 Å². The van der Waals surface area contributed by atoms with Crippen LogP contribution < -0.4 is 4.90 Å². The molecule has 2 fully saturated rings. The van der Waals surface area contributed by atoms with Crippen LogP contribution >= 0.6 is 11.6 Å². The number of nitrogens with zero attached hydrogens (tertiary/aromatic N) is 3. The number of hydrogen-bond acceptors (Lipinski definition) is 3. The molecule has 1 atom stereocenters. The van der Waals surface area contributed by atoms with Gasteiger partial charge in [-0.2, -0.15) is 0 Å². The lowest BCUT2D eigenvalue weighted by molar-refractivity contribution is -0.137. The van der Waals surface area contributed by atoms with Gasteiger partial charge in [-0.1, -0.05) is 17.7 Å². The fourth-order valence-corrected chi connectivity index (χ4v) is 4.10. The maximum Gasteiger partial charge on any atom is 0.251 e. The van der Waals surface area contributed by atoms with Gasteiger partial charge in [-0.3, -0.25) is 14.5 Å². The zero-order valence-electron chi connectivity index (χ0n) is 15.3. The summed E-state index contributed by atoms with van der Waals surface area (Å²) in [5.41, 5.74) is 0.704. The van der Waals surface area contributed by atoms with E-state index in [9.17, 15) is 18.4 Å². The smallest absolute Gasteiger partial charge is 0.251 e. The van der Waals surface area contributed by atoms with Gasteiger partial charge in [0.15, 0.2) is 0 Å². The molecule has 0 radical (unpaired) electrons. The van der Waals surface area contributed by atoms with Crippen molar-refractivity contribution in [1.29, 1.82) is 0 Å². The summed E-state index contributed by atoms with van der Waals surface area (Å²) >= 11 is 6.00. The molecule has 0 aliphatic carbocycles. The molecule has 1 aromatic carbocycles. The van der Waals surface area contributed by atoms with E-state index in [4.69, 9.17) is 11.6 Å². The third-order valence-corrected chi connectivity index (χ3v) is 5.65. The quantitative estimate of drug-likeness (QED) is 0.764. The van der Waals surface area contributed by atoms with Crippen LogP contribution in [-0.4, -0.2) is 67.3 Å². The zero-order valence-corrected chi connectivity index (χ0v) is 16.0. The van der Waals surface area contributed by atoms with Gasteiger partial charge in [-0.05, 0) is 38.1 Å². The van der Waals surface area contributed by atoms with Crippen LogP contribution in [0, 0.1) is 5.92 Å². The number of piperidine rings is 1. The Morgan fingerprint density at radius 2 is 2.04 bits per heavy atom. The highest BCUT2D eigenvalue weighted by molar-refractivity contribution is 6.31. The first kappa shape index (κ1) is 20.0. The molecule has 0 saturated carbocycles. The number of amides is 2. The first-order valence-corrected chi connectivity index (χ1v) is 9.56. The molecule has 148 valence electrons. The van der Waals surface area contributed by atoms with Gasteiger partial charge < -0.3 is 9.80 Å². The van der Waals surface area contributed by atoms with Crippen molar-refractivity contribution in [3.05, 3.63) is 29.3 Å². The molecule has 0 spiro atoms. The lowest BCUT2D eigenvalue weighted by atomic mass is 10.0. The van der Waals surface area contributed by atoms with Gasteiger partial charge in [0.25, 0.3) is 6.43 Å². The van der Waals surface area contributed by atoms with E-state index in [0.717, 1.165) is 0 Å². The Morgan fingerprint density at radius 3 is 2.67 bits per heavy atom. The zero-order chi connectivity index (χ0) is 19.6. The molecule has 0 N–H and O–H groups in total. The number of anilines is 1. The van der Waals surface area contributed by atoms with E-state index in [0.29, 0.717) is 43.2 Å². The molecule has 8 heteroatoms. The van der Waals surface area contributed by atoms with Crippen molar-refractivity contribution in [3.8, 4) is 0 Å². The third-order valence-electron chi connectivity index (χ3n) is 5.42. The molecule has 27 heavy (non-hydrogen) atoms. The molecular formula is C19H24ClF2N3O2. The molecule has 0 aromatic heterocycles. The van der Waals surface area contributed by atoms with Crippen molar-refractivity contribution in [1.82, 2.24) is 9.80 Å². The molecule has 5 nitrogen and oxygen atoms in total. The Bertz CT molecular complexity index is 695. The van der Waals surface area contributed by atoms with E-state index >= 15 is 0 Å². The Hall–Kier alpha value is -1.73. The predicted octanol–water partition coefficient (Wildman–Crippen LogP) is 2.88. The van der Waals surface area contributed by atoms with Crippen LogP contribution in [0.4, 0.5) is 14.5 Å². The Kier molecular flexibility index (Phi) is 6.32. The minimum Gasteiger partial charge on any atom is -0.342 e. The Morgan fingerprint density at radius 1 is 1.33 bits per heavy atom. The molecule has 2 heterocycles. The highest BCUT2D eigenvalue weighted by atomic mass is 35.5. The SMILES string of the molecule is CN(CC(F)F)C1CCN(C(=O)[C@@H]2CC(=O)N(c3cccc(Cl)c3)C2)CC1. The first-order valence-electron chi connectivity index (χ1n) is 9.18. The fourth-order valence-electron chi connectivity index (χ4n) is 3.92. The highest BCUT2D eigenvalue weighted by Gasteiger charge is 2.38. The van der Waals surface area contributed by atoms with E-state index < -0.39 is 6.43 Å². The van der Waals surface area contributed by atoms with Gasteiger partial charge in [-0.15, -0.1) is 0 Å². The number of carbonyl (C=O) groups excluding carboxylic acids is 2. The standard InChI is InChI=1S/C19H24ClF2N3O2/c1-23(12-17(21)22)15-5-7-24(8-6-15)19(27)13-9-18(26)25(11-13)16-4-2-3-14(20)10-16/h2-4,10,13,15,17H,5-9,11-12H2,1H3/t13-/m1/s1. The number of likely N-dealkylation sites (tertiary alicyclic amines) is 1. The van der Waals surface area contributed by atoms with Crippen molar-refractivity contribution >= 4 is 29.1 Å². The summed E-state index contributed by atoms with van der Waals surface area (Å²) in [6, 6.07) is 7.11. The Labute approximate surface area is 162 Å². The van der Waals surface area contributed by atoms with Gasteiger partial charge in [0.1, 0.15) is 0 Å². The second-order valence-electron chi connectivity index (χ2n) is 7.27. The summed E-state index contributed by atoms with van der Waals surface area (Å²) in [4.78, 5) is 30.2. The molecule has 2 saturated heterocycles. The number of halogens is 3. The van der Waals surface area contributed by atoms with Crippen LogP contribution in [0.5, 0.6) is 0 Å². The summed E-state index contributed by atoms with van der Waals surface area (Å²) in [6.45, 7) is 1.19. The molecule has 0 bridgehead atoms. The van der Waals surface area contributed by atoms with Crippen LogP contribution in [-0.2, 0) is 9.59 Å². The van der Waals surface area contributed by atoms with Crippen molar-refractivity contribution in [2.45, 2.75) is 31.7 Å². The monoisotopic (exact) mass is 399 g/mol. The van der Waals surface area contributed by atoms with Crippen molar-refractivity contribution < 1.29 is 18.4 Å². The van der Waals surface area contributed by atoms with E-state index in [-0.39, 0.29) is 36.7 Å². The largest absolute Gasteiger partial charge is 0.342 e. The maximum absolute atomic E-state index is 12.8. The van der Waals surface area contributed by atoms with E-state index in [1.165, 1.54) is 0 Å². The molecular weight excluding hydrogens is 376 g/mol. The van der Waals surface area contributed by atoms with E-state index in [1.54, 1.807) is 46.0 Å². The number of alkyl halides is 2. The van der Waals surface area contributed by atoms with E-state index in [1.807, 2.05) is 0 Å². The average Bonchev–Trinajstić information content (AvgIpc) is 3.02. The Balaban J connectivity index is 1.56. The first-order chi connectivity index (χ1) is 12.8. The van der Waals surface area contributed by atoms with Crippen molar-refractivity contribution in [3.63, 3.8) is 0 Å². The van der Waals surface area contributed by atoms with Gasteiger partial charge in [0, 0.05) is 42.8 Å². The second kappa shape index (κ2) is 8.52. The molecule has 3 rings (SSSR count). The molecule has 2 amide bonds. The topological polar surface area (TPSA) is 43.9 Å². The predicted molar refractivity (Wildman–Crippen MR) is 100 cm³/mol. The summed E-state index contributed by atoms with van der Waals surface area (Å²) in [7, 11) is 1.70. The van der Waals surface area contributed by atoms with Crippen LogP contribution in [0.25, 0.3) is 0 Å². The van der Waals surface area contributed by atoms with Crippen LogP contribution in [0.15, 0.2) is 24.3 Å². The molecule has 1 aromatic rings. The van der Waals surface area contributed by atoms with Gasteiger partial charge in [-0.25, -0.2) is 8.78 Å². The molecule has 2 aliphatic heterocycles. The molecule has 2 aliphatic rings. The fraction of sp³-hybridized carbons (Fsp3) is 0.579. The average molecular weight is 400 g/mol. The van der Waals surface area contributed by atoms with Crippen LogP contribution in [0.1, 0.15) is 19.3 Å². The number of hydrogen-bond donors (Lipinski definition) is 0. The number of benzene rings is 1. The highest BCUT2D eigenvalue weighted by Crippen LogP contribution is 2.29. The van der Waals surface area contributed by atoms with E-state index in [2.05, 4.69) is 0 Å². The minimum atomic E-state index is -2.35. The summed E-state index contributed by atoms with van der Waals surface area (Å²) in [6.07, 6.45) is -0.811. The van der Waals surface area contributed by atoms with Crippen molar-refractivity contribution in [2.24, 2.45) is 5.92 Å². The summed E-state index contributed by atoms with van der Waals surface area (Å²) < 4.78 is 25.1.